The van der Waals surface area contributed by atoms with E-state index in [1.165, 1.54) is 4.68 Å². The molecule has 0 unspecified atom stereocenters. The lowest BCUT2D eigenvalue weighted by Gasteiger charge is -2.11. The molecule has 0 bridgehead atoms. The molecule has 100 valence electrons. The molecule has 0 amide bonds. The van der Waals surface area contributed by atoms with Crippen molar-refractivity contribution in [1.29, 1.82) is 0 Å². The predicted molar refractivity (Wildman–Crippen MR) is 62.7 cm³/mol. The average Bonchev–Trinajstić information content (AvgIpc) is 2.76. The van der Waals surface area contributed by atoms with Crippen LogP contribution >= 0.6 is 0 Å². The summed E-state index contributed by atoms with van der Waals surface area (Å²) in [6.45, 7) is 3.47. The monoisotopic (exact) mass is 267 g/mol. The molecule has 0 spiro atoms. The van der Waals surface area contributed by atoms with E-state index in [2.05, 4.69) is 10.3 Å². The molecule has 1 heterocycles. The van der Waals surface area contributed by atoms with Crippen LogP contribution in [0.1, 0.15) is 30.4 Å². The molecule has 5 nitrogen and oxygen atoms in total. The van der Waals surface area contributed by atoms with Crippen molar-refractivity contribution in [3.05, 3.63) is 35.5 Å². The van der Waals surface area contributed by atoms with Crippen LogP contribution in [0, 0.1) is 11.6 Å². The number of carboxylic acids is 1. The molecule has 1 N–H and O–H groups in total. The number of benzene rings is 1. The normalized spacial score (nSPS) is 11.0. The first-order valence-corrected chi connectivity index (χ1v) is 5.55. The van der Waals surface area contributed by atoms with Gasteiger partial charge in [0.2, 0.25) is 0 Å². The molecular formula is C12H11F2N3O2. The lowest BCUT2D eigenvalue weighted by atomic mass is 10.1. The van der Waals surface area contributed by atoms with E-state index in [-0.39, 0.29) is 17.3 Å². The predicted octanol–water partition coefficient (Wildman–Crippen LogP) is 2.50. The number of halogens is 2. The minimum absolute atomic E-state index is 0.0421. The van der Waals surface area contributed by atoms with Crippen molar-refractivity contribution in [2.24, 2.45) is 0 Å². The van der Waals surface area contributed by atoms with Crippen molar-refractivity contribution in [2.45, 2.75) is 19.9 Å². The minimum Gasteiger partial charge on any atom is -0.476 e. The summed E-state index contributed by atoms with van der Waals surface area (Å²) in [6, 6.07) is 2.59. The Labute approximate surface area is 107 Å². The van der Waals surface area contributed by atoms with Gasteiger partial charge in [0, 0.05) is 11.6 Å². The summed E-state index contributed by atoms with van der Waals surface area (Å²) in [5.41, 5.74) is -0.617. The molecule has 0 fully saturated rings. The lowest BCUT2D eigenvalue weighted by Crippen LogP contribution is -2.08. The smallest absolute Gasteiger partial charge is 0.358 e. The van der Waals surface area contributed by atoms with Crippen LogP contribution in [0.3, 0.4) is 0 Å². The van der Waals surface area contributed by atoms with Gasteiger partial charge in [-0.05, 0) is 32.0 Å². The van der Waals surface area contributed by atoms with Gasteiger partial charge in [-0.25, -0.2) is 18.3 Å². The van der Waals surface area contributed by atoms with Crippen molar-refractivity contribution in [1.82, 2.24) is 15.0 Å². The maximum atomic E-state index is 13.8. The molecule has 0 atom stereocenters. The zero-order valence-electron chi connectivity index (χ0n) is 10.3. The SMILES string of the molecule is CC(C)n1nnc(C(=O)O)c1-c1cc(F)ccc1F. The van der Waals surface area contributed by atoms with Gasteiger partial charge < -0.3 is 5.11 Å². The number of aromatic nitrogens is 3. The van der Waals surface area contributed by atoms with Gasteiger partial charge in [0.05, 0.1) is 0 Å². The van der Waals surface area contributed by atoms with Crippen LogP contribution in [0.5, 0.6) is 0 Å². The van der Waals surface area contributed by atoms with E-state index in [1.807, 2.05) is 0 Å². The fourth-order valence-corrected chi connectivity index (χ4v) is 1.73. The Bertz CT molecular complexity index is 638. The molecule has 2 rings (SSSR count). The second-order valence-corrected chi connectivity index (χ2v) is 4.25. The molecule has 2 aromatic rings. The van der Waals surface area contributed by atoms with Crippen LogP contribution in [-0.2, 0) is 0 Å². The Morgan fingerprint density at radius 2 is 2.05 bits per heavy atom. The van der Waals surface area contributed by atoms with Gasteiger partial charge in [-0.2, -0.15) is 0 Å². The second-order valence-electron chi connectivity index (χ2n) is 4.25. The zero-order valence-corrected chi connectivity index (χ0v) is 10.3. The first-order chi connectivity index (χ1) is 8.91. The molecule has 0 aliphatic carbocycles. The molecule has 1 aromatic carbocycles. The van der Waals surface area contributed by atoms with Crippen molar-refractivity contribution >= 4 is 5.97 Å². The molecule has 7 heteroatoms. The standard InChI is InChI=1S/C12H11F2N3O2/c1-6(2)17-11(10(12(18)19)15-16-17)8-5-7(13)3-4-9(8)14/h3-6H,1-2H3,(H,18,19). The fourth-order valence-electron chi connectivity index (χ4n) is 1.73. The van der Waals surface area contributed by atoms with Crippen molar-refractivity contribution in [3.8, 4) is 11.3 Å². The van der Waals surface area contributed by atoms with E-state index in [9.17, 15) is 13.6 Å². The van der Waals surface area contributed by atoms with Crippen LogP contribution in [0.2, 0.25) is 0 Å². The Kier molecular flexibility index (Phi) is 3.28. The third kappa shape index (κ3) is 2.31. The van der Waals surface area contributed by atoms with E-state index in [1.54, 1.807) is 13.8 Å². The highest BCUT2D eigenvalue weighted by Gasteiger charge is 2.24. The summed E-state index contributed by atoms with van der Waals surface area (Å²) >= 11 is 0. The Morgan fingerprint density at radius 3 is 2.63 bits per heavy atom. The van der Waals surface area contributed by atoms with Gasteiger partial charge in [0.15, 0.2) is 5.69 Å². The molecule has 0 saturated heterocycles. The maximum Gasteiger partial charge on any atom is 0.358 e. The third-order valence-electron chi connectivity index (χ3n) is 2.57. The fraction of sp³-hybridized carbons (Fsp3) is 0.250. The van der Waals surface area contributed by atoms with Gasteiger partial charge in [-0.3, -0.25) is 0 Å². The Balaban J connectivity index is 2.75. The molecule has 0 radical (unpaired) electrons. The summed E-state index contributed by atoms with van der Waals surface area (Å²) in [6.07, 6.45) is 0. The van der Waals surface area contributed by atoms with Gasteiger partial charge in [-0.15, -0.1) is 5.10 Å². The zero-order chi connectivity index (χ0) is 14.2. The van der Waals surface area contributed by atoms with E-state index in [0.717, 1.165) is 18.2 Å². The summed E-state index contributed by atoms with van der Waals surface area (Å²) in [4.78, 5) is 11.1. The molecule has 1 aromatic heterocycles. The average molecular weight is 267 g/mol. The van der Waals surface area contributed by atoms with E-state index in [0.29, 0.717) is 0 Å². The van der Waals surface area contributed by atoms with Gasteiger partial charge in [0.1, 0.15) is 17.3 Å². The molecular weight excluding hydrogens is 256 g/mol. The molecule has 0 aliphatic rings. The van der Waals surface area contributed by atoms with E-state index >= 15 is 0 Å². The third-order valence-corrected chi connectivity index (χ3v) is 2.57. The van der Waals surface area contributed by atoms with Crippen LogP contribution in [-0.4, -0.2) is 26.1 Å². The van der Waals surface area contributed by atoms with Crippen LogP contribution in [0.25, 0.3) is 11.3 Å². The van der Waals surface area contributed by atoms with Crippen LogP contribution in [0.4, 0.5) is 8.78 Å². The van der Waals surface area contributed by atoms with Gasteiger partial charge in [-0.1, -0.05) is 5.21 Å². The highest BCUT2D eigenvalue weighted by atomic mass is 19.1. The maximum absolute atomic E-state index is 13.8. The number of hydrogen-bond acceptors (Lipinski definition) is 3. The van der Waals surface area contributed by atoms with Crippen molar-refractivity contribution < 1.29 is 18.7 Å². The van der Waals surface area contributed by atoms with Crippen LogP contribution < -0.4 is 0 Å². The van der Waals surface area contributed by atoms with Gasteiger partial charge in [0.25, 0.3) is 0 Å². The first-order valence-electron chi connectivity index (χ1n) is 5.55. The number of aromatic carboxylic acids is 1. The summed E-state index contributed by atoms with van der Waals surface area (Å²) in [5, 5.41) is 16.2. The molecule has 19 heavy (non-hydrogen) atoms. The van der Waals surface area contributed by atoms with E-state index in [4.69, 9.17) is 5.11 Å². The van der Waals surface area contributed by atoms with Gasteiger partial charge >= 0.3 is 5.97 Å². The van der Waals surface area contributed by atoms with Crippen molar-refractivity contribution in [3.63, 3.8) is 0 Å². The number of carboxylic acid groups (broad SMARTS) is 1. The topological polar surface area (TPSA) is 68.0 Å². The quantitative estimate of drug-likeness (QED) is 0.927. The highest BCUT2D eigenvalue weighted by Crippen LogP contribution is 2.28. The highest BCUT2D eigenvalue weighted by molar-refractivity contribution is 5.92. The molecule has 0 saturated carbocycles. The second kappa shape index (κ2) is 4.75. The Hall–Kier alpha value is -2.31. The first kappa shape index (κ1) is 13.1. The summed E-state index contributed by atoms with van der Waals surface area (Å²) < 4.78 is 28.3. The Morgan fingerprint density at radius 1 is 1.37 bits per heavy atom. The number of rotatable bonds is 3. The molecule has 0 aliphatic heterocycles. The minimum atomic E-state index is -1.34. The van der Waals surface area contributed by atoms with E-state index < -0.39 is 23.3 Å². The number of carbonyl (C=O) groups is 1. The largest absolute Gasteiger partial charge is 0.476 e. The summed E-state index contributed by atoms with van der Waals surface area (Å²) in [7, 11) is 0. The van der Waals surface area contributed by atoms with Crippen LogP contribution in [0.15, 0.2) is 18.2 Å². The number of hydrogen-bond donors (Lipinski definition) is 1. The van der Waals surface area contributed by atoms with Crippen molar-refractivity contribution in [2.75, 3.05) is 0 Å². The number of nitrogens with zero attached hydrogens (tertiary/aromatic N) is 3. The lowest BCUT2D eigenvalue weighted by molar-refractivity contribution is 0.0691. The summed E-state index contributed by atoms with van der Waals surface area (Å²) in [5.74, 6) is -2.73.